The van der Waals surface area contributed by atoms with E-state index in [1.54, 1.807) is 18.6 Å². The number of nitrogens with zero attached hydrogens (tertiary/aromatic N) is 5. The van der Waals surface area contributed by atoms with Crippen molar-refractivity contribution < 1.29 is 14.3 Å². The molecule has 2 atom stereocenters. The number of carbonyl (C=O) groups excluding carboxylic acids is 1. The van der Waals surface area contributed by atoms with Crippen LogP contribution in [-0.4, -0.2) is 49.4 Å². The molecule has 184 valence electrons. The topological polar surface area (TPSA) is 108 Å². The number of hydrogen-bond donors (Lipinski definition) is 1. The highest BCUT2D eigenvalue weighted by atomic mass is 16.6. The van der Waals surface area contributed by atoms with Gasteiger partial charge in [0.05, 0.1) is 5.69 Å². The van der Waals surface area contributed by atoms with E-state index in [2.05, 4.69) is 20.7 Å². The van der Waals surface area contributed by atoms with Gasteiger partial charge < -0.3 is 20.1 Å². The number of anilines is 1. The summed E-state index contributed by atoms with van der Waals surface area (Å²) in [4.78, 5) is 22.9. The van der Waals surface area contributed by atoms with Crippen molar-refractivity contribution in [3.8, 4) is 17.0 Å². The molecule has 0 radical (unpaired) electrons. The average molecular weight is 477 g/mol. The van der Waals surface area contributed by atoms with Crippen molar-refractivity contribution in [1.82, 2.24) is 24.6 Å². The lowest BCUT2D eigenvalue weighted by atomic mass is 9.82. The average Bonchev–Trinajstić information content (AvgIpc) is 3.52. The normalized spacial score (nSPS) is 20.2. The Morgan fingerprint density at radius 2 is 1.91 bits per heavy atom. The molecule has 0 saturated carbocycles. The number of rotatable bonds is 4. The number of pyridine rings is 2. The first-order valence-electron chi connectivity index (χ1n) is 12.0. The van der Waals surface area contributed by atoms with E-state index in [9.17, 15) is 4.79 Å². The predicted octanol–water partition coefficient (Wildman–Crippen LogP) is 4.34. The number of likely N-dealkylation sites (tertiary alicyclic amines) is 1. The van der Waals surface area contributed by atoms with Crippen LogP contribution in [0.5, 0.6) is 5.75 Å². The Bertz CT molecular complexity index is 1240. The van der Waals surface area contributed by atoms with Crippen LogP contribution in [-0.2, 0) is 16.7 Å². The van der Waals surface area contributed by atoms with Gasteiger partial charge in [-0.3, -0.25) is 9.67 Å². The second kappa shape index (κ2) is 8.55. The van der Waals surface area contributed by atoms with Gasteiger partial charge >= 0.3 is 6.09 Å². The first-order valence-corrected chi connectivity index (χ1v) is 12.0. The van der Waals surface area contributed by atoms with Gasteiger partial charge in [0, 0.05) is 54.9 Å². The zero-order valence-electron chi connectivity index (χ0n) is 20.7. The fourth-order valence-corrected chi connectivity index (χ4v) is 4.95. The van der Waals surface area contributed by atoms with Crippen molar-refractivity contribution in [3.05, 3.63) is 54.1 Å². The zero-order valence-corrected chi connectivity index (χ0v) is 20.7. The number of nitrogen functional groups attached to an aromatic ring is 1. The van der Waals surface area contributed by atoms with Gasteiger partial charge in [0.1, 0.15) is 11.7 Å². The minimum atomic E-state index is -0.506. The van der Waals surface area contributed by atoms with E-state index in [-0.39, 0.29) is 17.6 Å². The van der Waals surface area contributed by atoms with Crippen molar-refractivity contribution in [2.75, 3.05) is 18.8 Å². The third kappa shape index (κ3) is 4.54. The minimum Gasteiger partial charge on any atom is -0.482 e. The van der Waals surface area contributed by atoms with Crippen LogP contribution in [0, 0.1) is 0 Å². The Hall–Kier alpha value is -3.62. The summed E-state index contributed by atoms with van der Waals surface area (Å²) in [5, 5.41) is 4.85. The highest BCUT2D eigenvalue weighted by Crippen LogP contribution is 2.44. The molecule has 2 aliphatic heterocycles. The van der Waals surface area contributed by atoms with Crippen molar-refractivity contribution in [3.63, 3.8) is 0 Å². The van der Waals surface area contributed by atoms with Gasteiger partial charge in [0.15, 0.2) is 11.6 Å². The molecule has 0 aromatic carbocycles. The number of amides is 1. The summed E-state index contributed by atoms with van der Waals surface area (Å²) in [7, 11) is 0. The van der Waals surface area contributed by atoms with E-state index in [0.717, 1.165) is 41.9 Å². The zero-order chi connectivity index (χ0) is 24.8. The second-order valence-electron chi connectivity index (χ2n) is 10.5. The molecule has 1 fully saturated rings. The van der Waals surface area contributed by atoms with Gasteiger partial charge in [0.25, 0.3) is 0 Å². The molecule has 1 saturated heterocycles. The van der Waals surface area contributed by atoms with Crippen LogP contribution in [0.2, 0.25) is 0 Å². The van der Waals surface area contributed by atoms with E-state index in [4.69, 9.17) is 20.3 Å². The fourth-order valence-electron chi connectivity index (χ4n) is 4.95. The van der Waals surface area contributed by atoms with E-state index >= 15 is 0 Å². The van der Waals surface area contributed by atoms with Crippen LogP contribution in [0.25, 0.3) is 11.3 Å². The Morgan fingerprint density at radius 1 is 1.17 bits per heavy atom. The molecular weight excluding hydrogens is 444 g/mol. The molecule has 5 rings (SSSR count). The smallest absolute Gasteiger partial charge is 0.410 e. The number of nitrogens with two attached hydrogens (primary N) is 1. The van der Waals surface area contributed by atoms with E-state index in [0.29, 0.717) is 24.7 Å². The first kappa shape index (κ1) is 23.1. The predicted molar refractivity (Wildman–Crippen MR) is 132 cm³/mol. The van der Waals surface area contributed by atoms with Crippen LogP contribution in [0.15, 0.2) is 42.9 Å². The minimum absolute atomic E-state index is 0.0986. The highest BCUT2D eigenvalue weighted by molar-refractivity contribution is 5.69. The molecule has 0 bridgehead atoms. The standard InChI is InChI=1S/C26H32N6O3/c1-17(18-5-9-28-10-6-18)34-21-13-19(15-29-23(21)27)20-14-22-26(8-12-32(22)30-20)7-11-31(16-26)24(33)35-25(2,3)4/h5-6,9-10,13-15,17H,7-8,11-12,16H2,1-4H3,(H2,27,29)/t17-,26?/m1/s1. The molecule has 2 aliphatic rings. The molecule has 0 aliphatic carbocycles. The van der Waals surface area contributed by atoms with Gasteiger partial charge in [0.2, 0.25) is 0 Å². The molecule has 9 heteroatoms. The third-order valence-electron chi connectivity index (χ3n) is 6.79. The summed E-state index contributed by atoms with van der Waals surface area (Å²) < 4.78 is 13.8. The molecule has 1 amide bonds. The van der Waals surface area contributed by atoms with E-state index in [1.165, 1.54) is 0 Å². The number of ether oxygens (including phenoxy) is 2. The lowest BCUT2D eigenvalue weighted by Gasteiger charge is -2.26. The number of hydrogen-bond acceptors (Lipinski definition) is 7. The van der Waals surface area contributed by atoms with Crippen molar-refractivity contribution in [2.24, 2.45) is 0 Å². The SMILES string of the molecule is C[C@@H](Oc1cc(-c2cc3n(n2)CCC32CCN(C(=O)OC(C)(C)C)C2)cnc1N)c1ccncc1. The quantitative estimate of drug-likeness (QED) is 0.596. The first-order chi connectivity index (χ1) is 16.6. The molecule has 3 aromatic heterocycles. The summed E-state index contributed by atoms with van der Waals surface area (Å²) in [6.07, 6.45) is 6.61. The molecule has 5 heterocycles. The monoisotopic (exact) mass is 476 g/mol. The van der Waals surface area contributed by atoms with E-state index < -0.39 is 5.60 Å². The Morgan fingerprint density at radius 3 is 2.66 bits per heavy atom. The Kier molecular flexibility index (Phi) is 5.65. The third-order valence-corrected chi connectivity index (χ3v) is 6.79. The van der Waals surface area contributed by atoms with Gasteiger partial charge in [-0.2, -0.15) is 5.10 Å². The number of carbonyl (C=O) groups is 1. The highest BCUT2D eigenvalue weighted by Gasteiger charge is 2.47. The van der Waals surface area contributed by atoms with Gasteiger partial charge in [-0.15, -0.1) is 0 Å². The molecule has 35 heavy (non-hydrogen) atoms. The molecule has 9 nitrogen and oxygen atoms in total. The van der Waals surface area contributed by atoms with Crippen LogP contribution >= 0.6 is 0 Å². The second-order valence-corrected chi connectivity index (χ2v) is 10.5. The van der Waals surface area contributed by atoms with Crippen molar-refractivity contribution in [2.45, 2.75) is 64.2 Å². The Balaban J connectivity index is 1.36. The van der Waals surface area contributed by atoms with Crippen LogP contribution in [0.3, 0.4) is 0 Å². The number of fused-ring (bicyclic) bond motifs is 2. The maximum absolute atomic E-state index is 12.6. The van der Waals surface area contributed by atoms with Crippen LogP contribution in [0.1, 0.15) is 57.9 Å². The lowest BCUT2D eigenvalue weighted by molar-refractivity contribution is 0.0284. The van der Waals surface area contributed by atoms with Gasteiger partial charge in [-0.25, -0.2) is 9.78 Å². The number of aromatic nitrogens is 4. The molecular formula is C26H32N6O3. The Labute approximate surface area is 205 Å². The fraction of sp³-hybridized carbons (Fsp3) is 0.462. The van der Waals surface area contributed by atoms with Gasteiger partial charge in [-0.05, 0) is 70.4 Å². The molecule has 2 N–H and O–H groups in total. The molecule has 3 aromatic rings. The van der Waals surface area contributed by atoms with Crippen LogP contribution < -0.4 is 10.5 Å². The van der Waals surface area contributed by atoms with Gasteiger partial charge in [-0.1, -0.05) is 0 Å². The largest absolute Gasteiger partial charge is 0.482 e. The van der Waals surface area contributed by atoms with Crippen molar-refractivity contribution in [1.29, 1.82) is 0 Å². The summed E-state index contributed by atoms with van der Waals surface area (Å²) in [6, 6.07) is 7.85. The summed E-state index contributed by atoms with van der Waals surface area (Å²) in [5.74, 6) is 0.855. The van der Waals surface area contributed by atoms with Crippen molar-refractivity contribution >= 4 is 11.9 Å². The maximum Gasteiger partial charge on any atom is 0.410 e. The maximum atomic E-state index is 12.6. The van der Waals surface area contributed by atoms with E-state index in [1.807, 2.05) is 50.8 Å². The molecule has 1 spiro atoms. The summed E-state index contributed by atoms with van der Waals surface area (Å²) in [6.45, 7) is 9.79. The molecule has 1 unspecified atom stereocenters. The summed E-state index contributed by atoms with van der Waals surface area (Å²) in [5.41, 5.74) is 9.34. The van der Waals surface area contributed by atoms with Crippen LogP contribution in [0.4, 0.5) is 10.6 Å². The summed E-state index contributed by atoms with van der Waals surface area (Å²) >= 11 is 0. The lowest BCUT2D eigenvalue weighted by Crippen LogP contribution is -2.37. The number of aryl methyl sites for hydroxylation is 1.